The van der Waals surface area contributed by atoms with Crippen LogP contribution in [0.25, 0.3) is 0 Å². The van der Waals surface area contributed by atoms with E-state index in [1.165, 1.54) is 18.2 Å². The lowest BCUT2D eigenvalue weighted by atomic mass is 10.3. The molecule has 0 saturated carbocycles. The van der Waals surface area contributed by atoms with Crippen molar-refractivity contribution in [2.75, 3.05) is 5.43 Å². The smallest absolute Gasteiger partial charge is 0.294 e. The number of halogens is 1. The monoisotopic (exact) mass is 314 g/mol. The Morgan fingerprint density at radius 1 is 1.46 bits per heavy atom. The van der Waals surface area contributed by atoms with Crippen LogP contribution in [0, 0.1) is 3.57 Å². The first kappa shape index (κ1) is 10.7. The molecule has 0 saturated heterocycles. The molecule has 0 unspecified atom stereocenters. The molecular weight excluding hydrogens is 307 g/mol. The summed E-state index contributed by atoms with van der Waals surface area (Å²) in [5.74, 6) is 5.14. The van der Waals surface area contributed by atoms with Gasteiger partial charge in [0.25, 0.3) is 10.1 Å². The Labute approximate surface area is 89.2 Å². The van der Waals surface area contributed by atoms with E-state index in [0.29, 0.717) is 9.26 Å². The summed E-state index contributed by atoms with van der Waals surface area (Å²) in [7, 11) is -4.12. The zero-order valence-electron chi connectivity index (χ0n) is 6.36. The first-order valence-corrected chi connectivity index (χ1v) is 5.70. The van der Waals surface area contributed by atoms with Crippen molar-refractivity contribution in [3.63, 3.8) is 0 Å². The van der Waals surface area contributed by atoms with Crippen molar-refractivity contribution in [3.05, 3.63) is 21.8 Å². The van der Waals surface area contributed by atoms with Gasteiger partial charge in [0.15, 0.2) is 0 Å². The Balaban J connectivity index is 3.26. The summed E-state index contributed by atoms with van der Waals surface area (Å²) < 4.78 is 30.7. The predicted octanol–water partition coefficient (Wildman–Crippen LogP) is 0.824. The van der Waals surface area contributed by atoms with Gasteiger partial charge in [-0.2, -0.15) is 8.42 Å². The number of nitrogen functional groups attached to an aromatic ring is 1. The number of hydrogen-bond donors (Lipinski definition) is 3. The molecule has 0 bridgehead atoms. The molecule has 0 aliphatic rings. The quantitative estimate of drug-likeness (QED) is 0.325. The summed E-state index contributed by atoms with van der Waals surface area (Å²) >= 11 is 1.91. The standard InChI is InChI=1S/C6H7IN2O3S/c7-5-3-4(13(10,11)12)1-2-6(5)9-8/h1-3,9H,8H2,(H,10,11,12). The van der Waals surface area contributed by atoms with Crippen LogP contribution < -0.4 is 11.3 Å². The van der Waals surface area contributed by atoms with E-state index in [4.69, 9.17) is 10.4 Å². The second kappa shape index (κ2) is 3.78. The maximum atomic E-state index is 10.7. The number of nitrogens with two attached hydrogens (primary N) is 1. The summed E-state index contributed by atoms with van der Waals surface area (Å²) in [5.41, 5.74) is 2.99. The van der Waals surface area contributed by atoms with Crippen molar-refractivity contribution in [2.24, 2.45) is 5.84 Å². The molecule has 0 aliphatic heterocycles. The molecule has 0 amide bonds. The number of hydrazine groups is 1. The molecule has 7 heteroatoms. The van der Waals surface area contributed by atoms with Gasteiger partial charge >= 0.3 is 0 Å². The number of rotatable bonds is 2. The van der Waals surface area contributed by atoms with Gasteiger partial charge in [-0.1, -0.05) is 0 Å². The van der Waals surface area contributed by atoms with E-state index < -0.39 is 10.1 Å². The fraction of sp³-hybridized carbons (Fsp3) is 0. The second-order valence-electron chi connectivity index (χ2n) is 2.26. The highest BCUT2D eigenvalue weighted by atomic mass is 127. The predicted molar refractivity (Wildman–Crippen MR) is 56.8 cm³/mol. The third kappa shape index (κ3) is 2.53. The van der Waals surface area contributed by atoms with Crippen LogP contribution in [0.1, 0.15) is 0 Å². The van der Waals surface area contributed by atoms with E-state index in [9.17, 15) is 8.42 Å². The van der Waals surface area contributed by atoms with Gasteiger partial charge in [0.2, 0.25) is 0 Å². The van der Waals surface area contributed by atoms with Gasteiger partial charge in [-0.25, -0.2) is 0 Å². The van der Waals surface area contributed by atoms with Crippen molar-refractivity contribution >= 4 is 38.4 Å². The molecule has 1 aromatic rings. The van der Waals surface area contributed by atoms with Crippen LogP contribution >= 0.6 is 22.6 Å². The summed E-state index contributed by atoms with van der Waals surface area (Å²) in [6, 6.07) is 4.07. The van der Waals surface area contributed by atoms with Crippen LogP contribution in [0.15, 0.2) is 23.1 Å². The SMILES string of the molecule is NNc1ccc(S(=O)(=O)O)cc1I. The molecule has 0 atom stereocenters. The molecule has 1 aromatic carbocycles. The zero-order chi connectivity index (χ0) is 10.1. The third-order valence-electron chi connectivity index (χ3n) is 1.39. The fourth-order valence-corrected chi connectivity index (χ4v) is 2.16. The highest BCUT2D eigenvalue weighted by molar-refractivity contribution is 14.1. The average Bonchev–Trinajstić information content (AvgIpc) is 2.02. The Morgan fingerprint density at radius 2 is 2.08 bits per heavy atom. The third-order valence-corrected chi connectivity index (χ3v) is 3.14. The Morgan fingerprint density at radius 3 is 2.46 bits per heavy atom. The molecule has 0 fully saturated rings. The van der Waals surface area contributed by atoms with Crippen molar-refractivity contribution in [3.8, 4) is 0 Å². The zero-order valence-corrected chi connectivity index (χ0v) is 9.33. The summed E-state index contributed by atoms with van der Waals surface area (Å²) in [6.45, 7) is 0. The largest absolute Gasteiger partial charge is 0.323 e. The van der Waals surface area contributed by atoms with Gasteiger partial charge in [-0.3, -0.25) is 10.4 Å². The number of nitrogens with one attached hydrogen (secondary N) is 1. The van der Waals surface area contributed by atoms with Crippen LogP contribution in [0.3, 0.4) is 0 Å². The van der Waals surface area contributed by atoms with Gasteiger partial charge in [0, 0.05) is 3.57 Å². The fourth-order valence-electron chi connectivity index (χ4n) is 0.773. The number of benzene rings is 1. The summed E-state index contributed by atoms with van der Waals surface area (Å²) in [5, 5.41) is 0. The van der Waals surface area contributed by atoms with Crippen LogP contribution in [0.2, 0.25) is 0 Å². The van der Waals surface area contributed by atoms with Gasteiger partial charge < -0.3 is 5.43 Å². The Hall–Kier alpha value is -0.380. The van der Waals surface area contributed by atoms with Crippen molar-refractivity contribution in [1.29, 1.82) is 0 Å². The highest BCUT2D eigenvalue weighted by Gasteiger charge is 2.10. The van der Waals surface area contributed by atoms with Gasteiger partial charge in [0.1, 0.15) is 0 Å². The van der Waals surface area contributed by atoms with Gasteiger partial charge in [-0.05, 0) is 40.8 Å². The van der Waals surface area contributed by atoms with Gasteiger partial charge in [0.05, 0.1) is 10.6 Å². The molecule has 4 N–H and O–H groups in total. The Kier molecular flexibility index (Phi) is 3.11. The van der Waals surface area contributed by atoms with Crippen molar-refractivity contribution < 1.29 is 13.0 Å². The number of anilines is 1. The Bertz CT molecular complexity index is 418. The maximum absolute atomic E-state index is 10.7. The minimum atomic E-state index is -4.12. The lowest BCUT2D eigenvalue weighted by Gasteiger charge is -2.04. The summed E-state index contributed by atoms with van der Waals surface area (Å²) in [4.78, 5) is -0.143. The van der Waals surface area contributed by atoms with E-state index in [1.54, 1.807) is 0 Å². The van der Waals surface area contributed by atoms with E-state index in [-0.39, 0.29) is 4.90 Å². The van der Waals surface area contributed by atoms with Crippen LogP contribution in [-0.2, 0) is 10.1 Å². The molecule has 0 heterocycles. The first-order chi connectivity index (χ1) is 5.95. The molecule has 72 valence electrons. The molecule has 0 aliphatic carbocycles. The van der Waals surface area contributed by atoms with E-state index in [1.807, 2.05) is 22.6 Å². The normalized spacial score (nSPS) is 11.3. The topological polar surface area (TPSA) is 92.4 Å². The van der Waals surface area contributed by atoms with E-state index >= 15 is 0 Å². The first-order valence-electron chi connectivity index (χ1n) is 3.19. The lowest BCUT2D eigenvalue weighted by Crippen LogP contribution is -2.09. The lowest BCUT2D eigenvalue weighted by molar-refractivity contribution is 0.483. The molecule has 0 spiro atoms. The highest BCUT2D eigenvalue weighted by Crippen LogP contribution is 2.20. The summed E-state index contributed by atoms with van der Waals surface area (Å²) in [6.07, 6.45) is 0. The second-order valence-corrected chi connectivity index (χ2v) is 4.84. The number of hydrogen-bond acceptors (Lipinski definition) is 4. The average molecular weight is 314 g/mol. The molecule has 0 radical (unpaired) electrons. The van der Waals surface area contributed by atoms with Crippen LogP contribution in [-0.4, -0.2) is 13.0 Å². The molecule has 5 nitrogen and oxygen atoms in total. The van der Waals surface area contributed by atoms with Crippen LogP contribution in [0.5, 0.6) is 0 Å². The van der Waals surface area contributed by atoms with Crippen LogP contribution in [0.4, 0.5) is 5.69 Å². The van der Waals surface area contributed by atoms with E-state index in [0.717, 1.165) is 0 Å². The maximum Gasteiger partial charge on any atom is 0.294 e. The van der Waals surface area contributed by atoms with Crippen molar-refractivity contribution in [1.82, 2.24) is 0 Å². The van der Waals surface area contributed by atoms with Gasteiger partial charge in [-0.15, -0.1) is 0 Å². The minimum absolute atomic E-state index is 0.143. The minimum Gasteiger partial charge on any atom is -0.323 e. The molecular formula is C6H7IN2O3S. The van der Waals surface area contributed by atoms with E-state index in [2.05, 4.69) is 5.43 Å². The molecule has 13 heavy (non-hydrogen) atoms. The molecule has 1 rings (SSSR count). The van der Waals surface area contributed by atoms with Crippen molar-refractivity contribution in [2.45, 2.75) is 4.90 Å². The molecule has 0 aromatic heterocycles.